The lowest BCUT2D eigenvalue weighted by molar-refractivity contribution is 0.0940. The van der Waals surface area contributed by atoms with Crippen LogP contribution >= 0.6 is 11.3 Å². The number of hydrogen-bond donors (Lipinski definition) is 2. The second-order valence-electron chi connectivity index (χ2n) is 4.28. The Morgan fingerprint density at radius 2 is 2.17 bits per heavy atom. The fourth-order valence-corrected chi connectivity index (χ4v) is 2.56. The van der Waals surface area contributed by atoms with Gasteiger partial charge in [0.1, 0.15) is 0 Å². The van der Waals surface area contributed by atoms with E-state index in [4.69, 9.17) is 5.73 Å². The number of nitrogens with one attached hydrogen (secondary N) is 1. The fraction of sp³-hybridized carbons (Fsp3) is 0.214. The quantitative estimate of drug-likeness (QED) is 0.833. The monoisotopic (exact) mass is 260 g/mol. The van der Waals surface area contributed by atoms with Gasteiger partial charge in [-0.3, -0.25) is 4.79 Å². The molecule has 0 aliphatic carbocycles. The minimum atomic E-state index is -0.0617. The zero-order valence-electron chi connectivity index (χ0n) is 10.4. The van der Waals surface area contributed by atoms with Crippen LogP contribution in [-0.4, -0.2) is 5.91 Å². The number of anilines is 1. The van der Waals surface area contributed by atoms with E-state index in [1.165, 1.54) is 0 Å². The maximum absolute atomic E-state index is 12.1. The molecule has 0 saturated heterocycles. The third-order valence-corrected chi connectivity index (χ3v) is 3.87. The first-order valence-corrected chi connectivity index (χ1v) is 6.66. The number of benzene rings is 1. The van der Waals surface area contributed by atoms with Crippen LogP contribution in [0.25, 0.3) is 0 Å². The van der Waals surface area contributed by atoms with Gasteiger partial charge in [-0.1, -0.05) is 6.07 Å². The highest BCUT2D eigenvalue weighted by Crippen LogP contribution is 2.19. The summed E-state index contributed by atoms with van der Waals surface area (Å²) >= 11 is 1.64. The van der Waals surface area contributed by atoms with Crippen molar-refractivity contribution in [1.82, 2.24) is 5.32 Å². The van der Waals surface area contributed by atoms with Crippen LogP contribution in [0, 0.1) is 6.92 Å². The van der Waals surface area contributed by atoms with Gasteiger partial charge in [-0.2, -0.15) is 0 Å². The lowest BCUT2D eigenvalue weighted by atomic mass is 10.1. The van der Waals surface area contributed by atoms with Crippen molar-refractivity contribution < 1.29 is 4.79 Å². The number of carbonyl (C=O) groups excluding carboxylic acids is 1. The topological polar surface area (TPSA) is 55.1 Å². The maximum Gasteiger partial charge on any atom is 0.252 e. The third-order valence-electron chi connectivity index (χ3n) is 2.81. The van der Waals surface area contributed by atoms with Gasteiger partial charge in [0.05, 0.1) is 6.04 Å². The molecule has 2 rings (SSSR count). The van der Waals surface area contributed by atoms with Crippen LogP contribution in [0.3, 0.4) is 0 Å². The molecule has 4 heteroatoms. The largest absolute Gasteiger partial charge is 0.399 e. The minimum Gasteiger partial charge on any atom is -0.399 e. The van der Waals surface area contributed by atoms with Gasteiger partial charge >= 0.3 is 0 Å². The molecule has 0 fully saturated rings. The molecular weight excluding hydrogens is 244 g/mol. The van der Waals surface area contributed by atoms with Crippen molar-refractivity contribution in [2.24, 2.45) is 0 Å². The Balaban J connectivity index is 2.12. The van der Waals surface area contributed by atoms with Gasteiger partial charge in [0, 0.05) is 16.1 Å². The molecule has 2 aromatic rings. The highest BCUT2D eigenvalue weighted by Gasteiger charge is 2.13. The minimum absolute atomic E-state index is 0.0226. The normalized spacial score (nSPS) is 12.1. The molecule has 3 nitrogen and oxygen atoms in total. The molecule has 3 N–H and O–H groups in total. The van der Waals surface area contributed by atoms with Gasteiger partial charge in [0.25, 0.3) is 5.91 Å². The van der Waals surface area contributed by atoms with Gasteiger partial charge in [-0.25, -0.2) is 0 Å². The summed E-state index contributed by atoms with van der Waals surface area (Å²) in [6, 6.07) is 9.35. The number of nitrogens with two attached hydrogens (primary N) is 1. The number of hydrogen-bond acceptors (Lipinski definition) is 3. The van der Waals surface area contributed by atoms with Gasteiger partial charge in [0.2, 0.25) is 0 Å². The van der Waals surface area contributed by atoms with Gasteiger partial charge in [0.15, 0.2) is 0 Å². The van der Waals surface area contributed by atoms with Crippen molar-refractivity contribution in [3.05, 3.63) is 51.7 Å². The number of nitrogen functional groups attached to an aromatic ring is 1. The standard InChI is InChI=1S/C14H16N2OS/c1-9-8-11(15)5-6-12(9)14(17)16-10(2)13-4-3-7-18-13/h3-8,10H,15H2,1-2H3,(H,16,17). The number of amides is 1. The Hall–Kier alpha value is -1.81. The first-order valence-electron chi connectivity index (χ1n) is 5.78. The Morgan fingerprint density at radius 1 is 1.39 bits per heavy atom. The van der Waals surface area contributed by atoms with E-state index in [1.54, 1.807) is 23.5 Å². The van der Waals surface area contributed by atoms with Crippen molar-refractivity contribution in [2.75, 3.05) is 5.73 Å². The average molecular weight is 260 g/mol. The molecule has 1 aromatic carbocycles. The number of rotatable bonds is 3. The number of aryl methyl sites for hydroxylation is 1. The second-order valence-corrected chi connectivity index (χ2v) is 5.26. The molecule has 0 bridgehead atoms. The van der Waals surface area contributed by atoms with Crippen molar-refractivity contribution in [3.8, 4) is 0 Å². The van der Waals surface area contributed by atoms with E-state index in [2.05, 4.69) is 5.32 Å². The van der Waals surface area contributed by atoms with Crippen LogP contribution in [0.2, 0.25) is 0 Å². The van der Waals surface area contributed by atoms with Crippen LogP contribution in [0.15, 0.2) is 35.7 Å². The first-order chi connectivity index (χ1) is 8.58. The highest BCUT2D eigenvalue weighted by atomic mass is 32.1. The van der Waals surface area contributed by atoms with Crippen LogP contribution < -0.4 is 11.1 Å². The van der Waals surface area contributed by atoms with Crippen LogP contribution in [-0.2, 0) is 0 Å². The molecule has 1 amide bonds. The van der Waals surface area contributed by atoms with E-state index in [0.29, 0.717) is 11.3 Å². The van der Waals surface area contributed by atoms with E-state index < -0.39 is 0 Å². The molecule has 0 spiro atoms. The molecule has 1 atom stereocenters. The van der Waals surface area contributed by atoms with Gasteiger partial charge in [-0.15, -0.1) is 11.3 Å². The molecular formula is C14H16N2OS. The lowest BCUT2D eigenvalue weighted by Gasteiger charge is -2.13. The molecule has 1 aromatic heterocycles. The molecule has 0 saturated carbocycles. The number of thiophene rings is 1. The Bertz CT molecular complexity index is 549. The van der Waals surface area contributed by atoms with E-state index >= 15 is 0 Å². The molecule has 1 unspecified atom stereocenters. The summed E-state index contributed by atoms with van der Waals surface area (Å²) in [5.41, 5.74) is 7.92. The maximum atomic E-state index is 12.1. The first kappa shape index (κ1) is 12.6. The SMILES string of the molecule is Cc1cc(N)ccc1C(=O)NC(C)c1cccs1. The summed E-state index contributed by atoms with van der Waals surface area (Å²) in [6.45, 7) is 3.87. The summed E-state index contributed by atoms with van der Waals surface area (Å²) in [5, 5.41) is 5.00. The molecule has 0 aliphatic heterocycles. The Kier molecular flexibility index (Phi) is 3.67. The van der Waals surface area contributed by atoms with Crippen LogP contribution in [0.4, 0.5) is 5.69 Å². The smallest absolute Gasteiger partial charge is 0.252 e. The summed E-state index contributed by atoms with van der Waals surface area (Å²) in [5.74, 6) is -0.0617. The van der Waals surface area contributed by atoms with E-state index in [-0.39, 0.29) is 11.9 Å². The second kappa shape index (κ2) is 5.23. The van der Waals surface area contributed by atoms with Crippen molar-refractivity contribution in [1.29, 1.82) is 0 Å². The molecule has 0 aliphatic rings. The van der Waals surface area contributed by atoms with Crippen molar-refractivity contribution in [3.63, 3.8) is 0 Å². The number of carbonyl (C=O) groups is 1. The summed E-state index contributed by atoms with van der Waals surface area (Å²) in [7, 11) is 0. The molecule has 0 radical (unpaired) electrons. The lowest BCUT2D eigenvalue weighted by Crippen LogP contribution is -2.26. The van der Waals surface area contributed by atoms with E-state index in [1.807, 2.05) is 37.4 Å². The average Bonchev–Trinajstić information content (AvgIpc) is 2.81. The summed E-state index contributed by atoms with van der Waals surface area (Å²) in [6.07, 6.45) is 0. The van der Waals surface area contributed by atoms with Crippen LogP contribution in [0.1, 0.15) is 33.8 Å². The highest BCUT2D eigenvalue weighted by molar-refractivity contribution is 7.10. The van der Waals surface area contributed by atoms with E-state index in [9.17, 15) is 4.79 Å². The van der Waals surface area contributed by atoms with Crippen molar-refractivity contribution >= 4 is 22.9 Å². The predicted molar refractivity (Wildman–Crippen MR) is 75.8 cm³/mol. The molecule has 1 heterocycles. The Labute approximate surface area is 111 Å². The fourth-order valence-electron chi connectivity index (χ4n) is 1.82. The molecule has 18 heavy (non-hydrogen) atoms. The van der Waals surface area contributed by atoms with E-state index in [0.717, 1.165) is 10.4 Å². The zero-order chi connectivity index (χ0) is 13.1. The predicted octanol–water partition coefficient (Wildman–Crippen LogP) is 3.13. The Morgan fingerprint density at radius 3 is 2.78 bits per heavy atom. The zero-order valence-corrected chi connectivity index (χ0v) is 11.3. The van der Waals surface area contributed by atoms with Crippen molar-refractivity contribution in [2.45, 2.75) is 19.9 Å². The summed E-state index contributed by atoms with van der Waals surface area (Å²) < 4.78 is 0. The molecule has 94 valence electrons. The van der Waals surface area contributed by atoms with Gasteiger partial charge in [-0.05, 0) is 49.1 Å². The van der Waals surface area contributed by atoms with Crippen LogP contribution in [0.5, 0.6) is 0 Å². The van der Waals surface area contributed by atoms with Gasteiger partial charge < -0.3 is 11.1 Å². The summed E-state index contributed by atoms with van der Waals surface area (Å²) in [4.78, 5) is 13.3. The third kappa shape index (κ3) is 2.71.